The fraction of sp³-hybridized carbons (Fsp3) is 0.200. The van der Waals surface area contributed by atoms with E-state index in [4.69, 9.17) is 11.6 Å². The molecule has 1 saturated heterocycles. The van der Waals surface area contributed by atoms with E-state index in [-0.39, 0.29) is 6.54 Å². The van der Waals surface area contributed by atoms with Gasteiger partial charge in [0.15, 0.2) is 9.84 Å². The zero-order valence-electron chi connectivity index (χ0n) is 17.9. The highest BCUT2D eigenvalue weighted by atomic mass is 35.5. The molecule has 3 aromatic carbocycles. The van der Waals surface area contributed by atoms with E-state index in [0.29, 0.717) is 22.0 Å². The second-order valence-corrected chi connectivity index (χ2v) is 10.7. The SMILES string of the molecule is CCc1ccc(N2C(=O)CS(=O)(=O)[C@@]23C(=O)N(Cc2cccc(Cl)c2)c2ccccc23)cc1. The first-order valence-electron chi connectivity index (χ1n) is 10.6. The summed E-state index contributed by atoms with van der Waals surface area (Å²) < 4.78 is 27.2. The monoisotopic (exact) mass is 480 g/mol. The summed E-state index contributed by atoms with van der Waals surface area (Å²) in [6, 6.07) is 20.9. The third-order valence-corrected chi connectivity index (χ3v) is 8.59. The molecule has 3 aromatic rings. The van der Waals surface area contributed by atoms with Crippen molar-refractivity contribution in [2.75, 3.05) is 15.6 Å². The van der Waals surface area contributed by atoms with Crippen LogP contribution in [0.3, 0.4) is 0 Å². The molecule has 2 aliphatic heterocycles. The highest BCUT2D eigenvalue weighted by Crippen LogP contribution is 2.52. The van der Waals surface area contributed by atoms with Gasteiger partial charge in [-0.1, -0.05) is 61.0 Å². The fourth-order valence-corrected chi connectivity index (χ4v) is 6.99. The number of carbonyl (C=O) groups excluding carboxylic acids is 2. The number of rotatable bonds is 4. The Labute approximate surface area is 197 Å². The number of anilines is 2. The summed E-state index contributed by atoms with van der Waals surface area (Å²) in [6.45, 7) is 2.14. The van der Waals surface area contributed by atoms with Gasteiger partial charge in [-0.25, -0.2) is 8.42 Å². The van der Waals surface area contributed by atoms with Gasteiger partial charge in [0.25, 0.3) is 10.8 Å². The van der Waals surface area contributed by atoms with Crippen LogP contribution in [0, 0.1) is 0 Å². The quantitative estimate of drug-likeness (QED) is 0.564. The highest BCUT2D eigenvalue weighted by Gasteiger charge is 2.69. The summed E-state index contributed by atoms with van der Waals surface area (Å²) >= 11 is 6.13. The Morgan fingerprint density at radius 3 is 2.36 bits per heavy atom. The van der Waals surface area contributed by atoms with Gasteiger partial charge in [0.2, 0.25) is 5.91 Å². The van der Waals surface area contributed by atoms with Crippen LogP contribution in [0.4, 0.5) is 11.4 Å². The molecule has 0 aromatic heterocycles. The van der Waals surface area contributed by atoms with Gasteiger partial charge in [-0.15, -0.1) is 0 Å². The molecule has 1 fully saturated rings. The van der Waals surface area contributed by atoms with E-state index >= 15 is 0 Å². The molecule has 5 rings (SSSR count). The van der Waals surface area contributed by atoms with Gasteiger partial charge in [0, 0.05) is 16.3 Å². The molecule has 1 atom stereocenters. The Bertz CT molecular complexity index is 1390. The number of fused-ring (bicyclic) bond motifs is 2. The number of carbonyl (C=O) groups is 2. The standard InChI is InChI=1S/C25H21ClN2O4S/c1-2-17-10-12-20(13-11-17)28-23(29)16-33(31,32)25(28)21-8-3-4-9-22(21)27(24(25)30)15-18-6-5-7-19(26)14-18/h3-14H,2,15-16H2,1H3/t25-/m0/s1. The maximum absolute atomic E-state index is 14.1. The number of hydrogen-bond donors (Lipinski definition) is 0. The average Bonchev–Trinajstić information content (AvgIpc) is 3.17. The molecule has 2 heterocycles. The van der Waals surface area contributed by atoms with Crippen molar-refractivity contribution >= 4 is 44.6 Å². The lowest BCUT2D eigenvalue weighted by Gasteiger charge is -2.32. The van der Waals surface area contributed by atoms with Gasteiger partial charge in [0.05, 0.1) is 12.2 Å². The van der Waals surface area contributed by atoms with Gasteiger partial charge in [-0.05, 0) is 47.9 Å². The molecule has 2 amide bonds. The lowest BCUT2D eigenvalue weighted by Crippen LogP contribution is -2.54. The largest absolute Gasteiger partial charge is 0.304 e. The summed E-state index contributed by atoms with van der Waals surface area (Å²) in [5.41, 5.74) is 2.94. The summed E-state index contributed by atoms with van der Waals surface area (Å²) in [7, 11) is -4.19. The Balaban J connectivity index is 1.71. The van der Waals surface area contributed by atoms with Gasteiger partial charge < -0.3 is 4.90 Å². The smallest absolute Gasteiger partial charge is 0.274 e. The fourth-order valence-electron chi connectivity index (χ4n) is 4.75. The minimum Gasteiger partial charge on any atom is -0.304 e. The van der Waals surface area contributed by atoms with Crippen LogP contribution in [0.2, 0.25) is 5.02 Å². The predicted octanol–water partition coefficient (Wildman–Crippen LogP) is 4.06. The lowest BCUT2D eigenvalue weighted by atomic mass is 10.0. The van der Waals surface area contributed by atoms with E-state index in [2.05, 4.69) is 0 Å². The number of sulfone groups is 1. The minimum atomic E-state index is -4.19. The van der Waals surface area contributed by atoms with Gasteiger partial charge in [-0.3, -0.25) is 14.5 Å². The summed E-state index contributed by atoms with van der Waals surface area (Å²) in [5, 5.41) is 0.517. The van der Waals surface area contributed by atoms with Gasteiger partial charge in [0.1, 0.15) is 5.75 Å². The maximum Gasteiger partial charge on any atom is 0.274 e. The van der Waals surface area contributed by atoms with Crippen molar-refractivity contribution in [1.82, 2.24) is 0 Å². The number of halogens is 1. The van der Waals surface area contributed by atoms with Crippen molar-refractivity contribution < 1.29 is 18.0 Å². The molecule has 0 unspecified atom stereocenters. The Morgan fingerprint density at radius 1 is 0.939 bits per heavy atom. The molecule has 0 radical (unpaired) electrons. The lowest BCUT2D eigenvalue weighted by molar-refractivity contribution is -0.123. The van der Waals surface area contributed by atoms with Crippen molar-refractivity contribution in [1.29, 1.82) is 0 Å². The van der Waals surface area contributed by atoms with Crippen LogP contribution in [-0.4, -0.2) is 26.0 Å². The molecule has 0 aliphatic carbocycles. The number of hydrogen-bond acceptors (Lipinski definition) is 4. The summed E-state index contributed by atoms with van der Waals surface area (Å²) in [5.74, 6) is -2.01. The summed E-state index contributed by atoms with van der Waals surface area (Å²) in [6.07, 6.45) is 0.798. The van der Waals surface area contributed by atoms with E-state index in [1.54, 1.807) is 54.6 Å². The molecule has 0 saturated carbocycles. The van der Waals surface area contributed by atoms with Crippen molar-refractivity contribution in [3.8, 4) is 0 Å². The third kappa shape index (κ3) is 3.10. The number of amides is 2. The Hall–Kier alpha value is -3.16. The van der Waals surface area contributed by atoms with Gasteiger partial charge >= 0.3 is 0 Å². The zero-order chi connectivity index (χ0) is 23.4. The van der Waals surface area contributed by atoms with E-state index in [9.17, 15) is 18.0 Å². The molecule has 168 valence electrons. The van der Waals surface area contributed by atoms with Crippen LogP contribution in [0.5, 0.6) is 0 Å². The van der Waals surface area contributed by atoms with Crippen molar-refractivity contribution in [3.05, 3.63) is 94.5 Å². The predicted molar refractivity (Wildman–Crippen MR) is 128 cm³/mol. The molecule has 0 N–H and O–H groups in total. The number of nitrogens with zero attached hydrogens (tertiary/aromatic N) is 2. The van der Waals surface area contributed by atoms with E-state index in [1.165, 1.54) is 9.80 Å². The molecule has 6 nitrogen and oxygen atoms in total. The van der Waals surface area contributed by atoms with Crippen molar-refractivity contribution in [2.45, 2.75) is 24.8 Å². The zero-order valence-corrected chi connectivity index (χ0v) is 19.4. The molecule has 33 heavy (non-hydrogen) atoms. The number of benzene rings is 3. The third-order valence-electron chi connectivity index (χ3n) is 6.26. The highest BCUT2D eigenvalue weighted by molar-refractivity contribution is 7.94. The van der Waals surface area contributed by atoms with E-state index < -0.39 is 32.3 Å². The molecular weight excluding hydrogens is 460 g/mol. The van der Waals surface area contributed by atoms with Crippen LogP contribution in [0.1, 0.15) is 23.6 Å². The normalized spacial score (nSPS) is 21.2. The summed E-state index contributed by atoms with van der Waals surface area (Å²) in [4.78, 5) is 27.7. The first-order chi connectivity index (χ1) is 15.8. The first kappa shape index (κ1) is 21.7. The second-order valence-electron chi connectivity index (χ2n) is 8.19. The average molecular weight is 481 g/mol. The molecule has 0 bridgehead atoms. The van der Waals surface area contributed by atoms with Crippen LogP contribution in [-0.2, 0) is 37.3 Å². The first-order valence-corrected chi connectivity index (χ1v) is 12.6. The molecule has 1 spiro atoms. The van der Waals surface area contributed by atoms with E-state index in [1.807, 2.05) is 25.1 Å². The Morgan fingerprint density at radius 2 is 1.67 bits per heavy atom. The van der Waals surface area contributed by atoms with Crippen molar-refractivity contribution in [3.63, 3.8) is 0 Å². The minimum absolute atomic E-state index is 0.129. The van der Waals surface area contributed by atoms with Crippen molar-refractivity contribution in [2.24, 2.45) is 0 Å². The maximum atomic E-state index is 14.1. The van der Waals surface area contributed by atoms with E-state index in [0.717, 1.165) is 17.5 Å². The van der Waals surface area contributed by atoms with Crippen LogP contribution >= 0.6 is 11.6 Å². The molecule has 8 heteroatoms. The topological polar surface area (TPSA) is 74.8 Å². The van der Waals surface area contributed by atoms with Gasteiger partial charge in [-0.2, -0.15) is 0 Å². The molecule has 2 aliphatic rings. The van der Waals surface area contributed by atoms with Crippen LogP contribution in [0.25, 0.3) is 0 Å². The van der Waals surface area contributed by atoms with Crippen LogP contribution < -0.4 is 9.80 Å². The Kier molecular flexibility index (Phi) is 5.06. The number of aryl methyl sites for hydroxylation is 1. The molecular formula is C25H21ClN2O4S. The second kappa shape index (κ2) is 7.71. The number of para-hydroxylation sites is 1. The van der Waals surface area contributed by atoms with Crippen LogP contribution in [0.15, 0.2) is 72.8 Å².